The molecule has 0 amide bonds. The molecule has 0 bridgehead atoms. The number of pyridine rings is 5. The van der Waals surface area contributed by atoms with E-state index in [0.29, 0.717) is 6.54 Å². The summed E-state index contributed by atoms with van der Waals surface area (Å²) in [6.07, 6.45) is 6.24. The molecule has 5 aromatic heterocycles. The molecule has 0 saturated carbocycles. The fourth-order valence-electron chi connectivity index (χ4n) is 4.83. The van der Waals surface area contributed by atoms with Crippen LogP contribution in [0.25, 0.3) is 54.9 Å². The van der Waals surface area contributed by atoms with Crippen molar-refractivity contribution in [3.8, 4) is 11.3 Å². The fraction of sp³-hybridized carbons (Fsp3) is 0.0645. The highest BCUT2D eigenvalue weighted by Crippen LogP contribution is 2.33. The molecule has 6 nitrogen and oxygen atoms in total. The van der Waals surface area contributed by atoms with Crippen LogP contribution in [0.2, 0.25) is 0 Å². The van der Waals surface area contributed by atoms with Crippen LogP contribution in [-0.4, -0.2) is 31.5 Å². The number of anilines is 1. The lowest BCUT2D eigenvalue weighted by molar-refractivity contribution is 0.956. The van der Waals surface area contributed by atoms with Gasteiger partial charge in [0.15, 0.2) is 0 Å². The van der Waals surface area contributed by atoms with Gasteiger partial charge in [0.1, 0.15) is 5.82 Å². The van der Waals surface area contributed by atoms with Gasteiger partial charge in [-0.3, -0.25) is 15.0 Å². The number of nitrogens with one attached hydrogen (secondary N) is 1. The lowest BCUT2D eigenvalue weighted by atomic mass is 10.0. The summed E-state index contributed by atoms with van der Waals surface area (Å²) in [6, 6.07) is 28.7. The van der Waals surface area contributed by atoms with Crippen LogP contribution in [0.4, 0.5) is 5.82 Å². The molecule has 7 rings (SSSR count). The van der Waals surface area contributed by atoms with Crippen molar-refractivity contribution in [2.24, 2.45) is 0 Å². The number of benzene rings is 2. The maximum absolute atomic E-state index is 5.10. The average molecular weight is 479 g/mol. The first-order chi connectivity index (χ1) is 18.3. The first-order valence-electron chi connectivity index (χ1n) is 12.3. The Morgan fingerprint density at radius 3 is 1.92 bits per heavy atom. The third kappa shape index (κ3) is 3.89. The van der Waals surface area contributed by atoms with E-state index >= 15 is 0 Å². The summed E-state index contributed by atoms with van der Waals surface area (Å²) in [4.78, 5) is 23.9. The SMILES string of the molecule is c1ccc(CCNc2nc3c(ccc4cccnc43)cc2-c2ccc3ccc4cccnc4c3n2)nc1. The second-order valence-corrected chi connectivity index (χ2v) is 9.00. The van der Waals surface area contributed by atoms with Crippen molar-refractivity contribution in [1.82, 2.24) is 24.9 Å². The molecule has 5 heterocycles. The minimum absolute atomic E-state index is 0.693. The summed E-state index contributed by atoms with van der Waals surface area (Å²) in [6.45, 7) is 0.693. The molecule has 7 aromatic rings. The Hall–Kier alpha value is -4.97. The average Bonchev–Trinajstić information content (AvgIpc) is 2.97. The lowest BCUT2D eigenvalue weighted by Gasteiger charge is -2.14. The van der Waals surface area contributed by atoms with Gasteiger partial charge in [-0.15, -0.1) is 0 Å². The molecule has 0 saturated heterocycles. The topological polar surface area (TPSA) is 76.5 Å². The van der Waals surface area contributed by atoms with Crippen LogP contribution in [-0.2, 0) is 6.42 Å². The van der Waals surface area contributed by atoms with Gasteiger partial charge in [0, 0.05) is 64.4 Å². The van der Waals surface area contributed by atoms with E-state index in [1.807, 2.05) is 48.9 Å². The summed E-state index contributed by atoms with van der Waals surface area (Å²) in [7, 11) is 0. The number of rotatable bonds is 5. The third-order valence-electron chi connectivity index (χ3n) is 6.67. The lowest BCUT2D eigenvalue weighted by Crippen LogP contribution is -2.09. The zero-order valence-electron chi connectivity index (χ0n) is 20.0. The van der Waals surface area contributed by atoms with Crippen molar-refractivity contribution in [3.05, 3.63) is 109 Å². The molecule has 0 aliphatic rings. The summed E-state index contributed by atoms with van der Waals surface area (Å²) >= 11 is 0. The quantitative estimate of drug-likeness (QED) is 0.281. The fourth-order valence-corrected chi connectivity index (χ4v) is 4.83. The van der Waals surface area contributed by atoms with Crippen LogP contribution in [0.1, 0.15) is 5.69 Å². The predicted octanol–water partition coefficient (Wildman–Crippen LogP) is 6.60. The molecule has 6 heteroatoms. The van der Waals surface area contributed by atoms with E-state index in [0.717, 1.165) is 72.8 Å². The Balaban J connectivity index is 1.39. The monoisotopic (exact) mass is 478 g/mol. The highest BCUT2D eigenvalue weighted by Gasteiger charge is 2.14. The molecule has 0 unspecified atom stereocenters. The normalized spacial score (nSPS) is 11.5. The molecular weight excluding hydrogens is 456 g/mol. The minimum atomic E-state index is 0.693. The highest BCUT2D eigenvalue weighted by atomic mass is 15.0. The Labute approximate surface area is 213 Å². The van der Waals surface area contributed by atoms with Crippen LogP contribution >= 0.6 is 0 Å². The van der Waals surface area contributed by atoms with Gasteiger partial charge in [-0.05, 0) is 36.4 Å². The van der Waals surface area contributed by atoms with Crippen molar-refractivity contribution in [3.63, 3.8) is 0 Å². The molecular formula is C31H22N6. The molecule has 0 aliphatic heterocycles. The van der Waals surface area contributed by atoms with Crippen molar-refractivity contribution >= 4 is 49.4 Å². The summed E-state index contributed by atoms with van der Waals surface area (Å²) in [5.74, 6) is 0.779. The standard InChI is InChI=1S/C31H22N6/c1-2-15-32-24(7-1)14-18-35-31-25(19-23-11-10-21-6-4-17-34-28(21)30(23)37-31)26-13-12-22-9-8-20-5-3-16-33-27(20)29(22)36-26/h1-13,15-17,19H,14,18H2,(H,35,37). The van der Waals surface area contributed by atoms with E-state index in [4.69, 9.17) is 9.97 Å². The second-order valence-electron chi connectivity index (χ2n) is 9.00. The molecule has 0 fully saturated rings. The van der Waals surface area contributed by atoms with Gasteiger partial charge in [-0.1, -0.05) is 48.5 Å². The zero-order chi connectivity index (χ0) is 24.6. The van der Waals surface area contributed by atoms with E-state index in [1.54, 1.807) is 0 Å². The number of aromatic nitrogens is 5. The maximum Gasteiger partial charge on any atom is 0.136 e. The molecule has 1 N–H and O–H groups in total. The maximum atomic E-state index is 5.10. The Bertz CT molecular complexity index is 1920. The molecule has 0 atom stereocenters. The van der Waals surface area contributed by atoms with E-state index in [-0.39, 0.29) is 0 Å². The van der Waals surface area contributed by atoms with E-state index < -0.39 is 0 Å². The van der Waals surface area contributed by atoms with E-state index in [1.165, 1.54) is 0 Å². The van der Waals surface area contributed by atoms with Gasteiger partial charge < -0.3 is 5.32 Å². The van der Waals surface area contributed by atoms with Crippen LogP contribution in [0.15, 0.2) is 104 Å². The number of hydrogen-bond acceptors (Lipinski definition) is 6. The molecule has 37 heavy (non-hydrogen) atoms. The van der Waals surface area contributed by atoms with Gasteiger partial charge in [0.25, 0.3) is 0 Å². The van der Waals surface area contributed by atoms with Crippen molar-refractivity contribution in [1.29, 1.82) is 0 Å². The molecule has 0 aliphatic carbocycles. The van der Waals surface area contributed by atoms with Crippen LogP contribution < -0.4 is 5.32 Å². The van der Waals surface area contributed by atoms with Crippen molar-refractivity contribution < 1.29 is 0 Å². The van der Waals surface area contributed by atoms with Gasteiger partial charge in [0.2, 0.25) is 0 Å². The van der Waals surface area contributed by atoms with Crippen LogP contribution in [0.3, 0.4) is 0 Å². The van der Waals surface area contributed by atoms with Gasteiger partial charge in [0.05, 0.1) is 27.8 Å². The van der Waals surface area contributed by atoms with Crippen molar-refractivity contribution in [2.45, 2.75) is 6.42 Å². The second kappa shape index (κ2) is 8.91. The molecule has 176 valence electrons. The molecule has 2 aromatic carbocycles. The smallest absolute Gasteiger partial charge is 0.136 e. The van der Waals surface area contributed by atoms with E-state index in [9.17, 15) is 0 Å². The minimum Gasteiger partial charge on any atom is -0.369 e. The Morgan fingerprint density at radius 2 is 1.19 bits per heavy atom. The summed E-state index contributed by atoms with van der Waals surface area (Å²) in [5.41, 5.74) is 6.37. The molecule has 0 spiro atoms. The largest absolute Gasteiger partial charge is 0.369 e. The Morgan fingerprint density at radius 1 is 0.541 bits per heavy atom. The highest BCUT2D eigenvalue weighted by molar-refractivity contribution is 6.06. The van der Waals surface area contributed by atoms with Crippen molar-refractivity contribution in [2.75, 3.05) is 11.9 Å². The van der Waals surface area contributed by atoms with Gasteiger partial charge in [-0.2, -0.15) is 0 Å². The van der Waals surface area contributed by atoms with E-state index in [2.05, 4.69) is 74.9 Å². The first-order valence-corrected chi connectivity index (χ1v) is 12.3. The number of fused-ring (bicyclic) bond motifs is 6. The third-order valence-corrected chi connectivity index (χ3v) is 6.67. The Kier molecular flexibility index (Phi) is 5.14. The summed E-state index contributed by atoms with van der Waals surface area (Å²) < 4.78 is 0. The van der Waals surface area contributed by atoms with Gasteiger partial charge in [-0.25, -0.2) is 9.97 Å². The number of nitrogens with zero attached hydrogens (tertiary/aromatic N) is 5. The predicted molar refractivity (Wildman–Crippen MR) is 150 cm³/mol. The first kappa shape index (κ1) is 21.3. The van der Waals surface area contributed by atoms with Gasteiger partial charge >= 0.3 is 0 Å². The number of hydrogen-bond donors (Lipinski definition) is 1. The molecule has 0 radical (unpaired) electrons. The summed E-state index contributed by atoms with van der Waals surface area (Å²) in [5, 5.41) is 7.79. The van der Waals surface area contributed by atoms with Crippen LogP contribution in [0.5, 0.6) is 0 Å². The zero-order valence-corrected chi connectivity index (χ0v) is 20.0. The van der Waals surface area contributed by atoms with Crippen LogP contribution in [0, 0.1) is 0 Å².